The van der Waals surface area contributed by atoms with Gasteiger partial charge in [-0.2, -0.15) is 0 Å². The minimum Gasteiger partial charge on any atom is -0.481 e. The number of thiazole rings is 1. The molecule has 0 saturated carbocycles. The van der Waals surface area contributed by atoms with Crippen molar-refractivity contribution in [1.82, 2.24) is 15.0 Å². The Morgan fingerprint density at radius 1 is 1.35 bits per heavy atom. The minimum atomic E-state index is -0.996. The smallest absolute Gasteiger partial charge is 0.315 e. The number of carboxylic acid groups (broad SMARTS) is 1. The molecule has 6 heteroatoms. The summed E-state index contributed by atoms with van der Waals surface area (Å²) in [4.78, 5) is 23.5. The molecule has 0 aliphatic rings. The molecule has 0 saturated heterocycles. The quantitative estimate of drug-likeness (QED) is 0.899. The monoisotopic (exact) mass is 249 g/mol. The maximum absolute atomic E-state index is 11.1. The summed E-state index contributed by atoms with van der Waals surface area (Å²) >= 11 is 1.35. The fraction of sp³-hybridized carbons (Fsp3) is 0.273. The predicted molar refractivity (Wildman–Crippen MR) is 63.8 cm³/mol. The number of aromatic nitrogens is 3. The Labute approximate surface area is 102 Å². The Bertz CT molecular complexity index is 537. The number of hydrogen-bond donors (Lipinski definition) is 1. The number of aliphatic carboxylic acids is 1. The fourth-order valence-corrected chi connectivity index (χ4v) is 2.12. The van der Waals surface area contributed by atoms with Crippen LogP contribution in [0.4, 0.5) is 0 Å². The molecule has 0 unspecified atom stereocenters. The van der Waals surface area contributed by atoms with Crippen LogP contribution in [0.2, 0.25) is 0 Å². The van der Waals surface area contributed by atoms with Gasteiger partial charge in [-0.05, 0) is 19.9 Å². The molecule has 0 atom stereocenters. The SMILES string of the molecule is CC(C)(C(=O)O)c1csc(-c2ncccn2)n1. The normalized spacial score (nSPS) is 11.4. The van der Waals surface area contributed by atoms with Crippen LogP contribution in [-0.4, -0.2) is 26.0 Å². The van der Waals surface area contributed by atoms with Gasteiger partial charge in [0.05, 0.1) is 5.69 Å². The molecule has 0 bridgehead atoms. The molecule has 1 N–H and O–H groups in total. The molecule has 0 fully saturated rings. The molecule has 17 heavy (non-hydrogen) atoms. The second-order valence-corrected chi connectivity index (χ2v) is 4.90. The van der Waals surface area contributed by atoms with Gasteiger partial charge in [0.15, 0.2) is 10.8 Å². The van der Waals surface area contributed by atoms with Crippen molar-refractivity contribution in [2.24, 2.45) is 0 Å². The number of hydrogen-bond acceptors (Lipinski definition) is 5. The molecule has 5 nitrogen and oxygen atoms in total. The van der Waals surface area contributed by atoms with Crippen LogP contribution < -0.4 is 0 Å². The lowest BCUT2D eigenvalue weighted by Gasteiger charge is -2.15. The first kappa shape index (κ1) is 11.7. The van der Waals surface area contributed by atoms with Gasteiger partial charge in [0.1, 0.15) is 5.41 Å². The van der Waals surface area contributed by atoms with Crippen LogP contribution in [0.25, 0.3) is 10.8 Å². The minimum absolute atomic E-state index is 0.518. The Balaban J connectivity index is 2.38. The molecule has 0 amide bonds. The summed E-state index contributed by atoms with van der Waals surface area (Å²) in [6.45, 7) is 3.25. The molecule has 0 aliphatic heterocycles. The number of nitrogens with zero attached hydrogens (tertiary/aromatic N) is 3. The molecule has 0 spiro atoms. The third-order valence-electron chi connectivity index (χ3n) is 2.44. The average Bonchev–Trinajstić information content (AvgIpc) is 2.80. The van der Waals surface area contributed by atoms with Crippen LogP contribution in [0, 0.1) is 0 Å². The number of carbonyl (C=O) groups is 1. The lowest BCUT2D eigenvalue weighted by Crippen LogP contribution is -2.28. The van der Waals surface area contributed by atoms with Crippen molar-refractivity contribution in [3.63, 3.8) is 0 Å². The highest BCUT2D eigenvalue weighted by Crippen LogP contribution is 2.28. The highest BCUT2D eigenvalue weighted by atomic mass is 32.1. The van der Waals surface area contributed by atoms with Crippen LogP contribution >= 0.6 is 11.3 Å². The summed E-state index contributed by atoms with van der Waals surface area (Å²) in [5, 5.41) is 11.5. The summed E-state index contributed by atoms with van der Waals surface area (Å²) in [5.41, 5.74) is -0.471. The molecule has 2 rings (SSSR count). The first-order chi connectivity index (χ1) is 8.01. The highest BCUT2D eigenvalue weighted by Gasteiger charge is 2.32. The average molecular weight is 249 g/mol. The van der Waals surface area contributed by atoms with Gasteiger partial charge in [-0.1, -0.05) is 0 Å². The van der Waals surface area contributed by atoms with Crippen LogP contribution in [0.1, 0.15) is 19.5 Å². The summed E-state index contributed by atoms with van der Waals surface area (Å²) in [6, 6.07) is 1.72. The third kappa shape index (κ3) is 2.16. The van der Waals surface area contributed by atoms with E-state index in [0.717, 1.165) is 0 Å². The van der Waals surface area contributed by atoms with E-state index in [0.29, 0.717) is 16.5 Å². The fourth-order valence-electron chi connectivity index (χ4n) is 1.18. The van der Waals surface area contributed by atoms with Gasteiger partial charge in [0.2, 0.25) is 0 Å². The van der Waals surface area contributed by atoms with Crippen molar-refractivity contribution < 1.29 is 9.90 Å². The van der Waals surface area contributed by atoms with Crippen molar-refractivity contribution in [2.45, 2.75) is 19.3 Å². The van der Waals surface area contributed by atoms with Gasteiger partial charge >= 0.3 is 5.97 Å². The molecule has 2 heterocycles. The van der Waals surface area contributed by atoms with E-state index in [2.05, 4.69) is 15.0 Å². The Morgan fingerprint density at radius 2 is 2.00 bits per heavy atom. The third-order valence-corrected chi connectivity index (χ3v) is 3.27. The zero-order valence-electron chi connectivity index (χ0n) is 9.41. The van der Waals surface area contributed by atoms with Gasteiger partial charge in [0.25, 0.3) is 0 Å². The van der Waals surface area contributed by atoms with Crippen molar-refractivity contribution in [3.05, 3.63) is 29.5 Å². The van der Waals surface area contributed by atoms with E-state index in [4.69, 9.17) is 5.11 Å². The maximum atomic E-state index is 11.1. The van der Waals surface area contributed by atoms with Crippen LogP contribution in [-0.2, 0) is 10.2 Å². The molecular formula is C11H11N3O2S. The molecule has 0 aromatic carbocycles. The van der Waals surface area contributed by atoms with E-state index in [1.807, 2.05) is 0 Å². The first-order valence-corrected chi connectivity index (χ1v) is 5.86. The van der Waals surface area contributed by atoms with E-state index < -0.39 is 11.4 Å². The second-order valence-electron chi connectivity index (χ2n) is 4.04. The number of rotatable bonds is 3. The number of carboxylic acids is 1. The highest BCUT2D eigenvalue weighted by molar-refractivity contribution is 7.13. The van der Waals surface area contributed by atoms with Crippen molar-refractivity contribution >= 4 is 17.3 Å². The molecule has 88 valence electrons. The molecular weight excluding hydrogens is 238 g/mol. The summed E-state index contributed by atoms with van der Waals surface area (Å²) in [5.74, 6) is -0.381. The molecule has 2 aromatic heterocycles. The van der Waals surface area contributed by atoms with Gasteiger partial charge < -0.3 is 5.11 Å². The predicted octanol–water partition coefficient (Wildman–Crippen LogP) is 1.96. The Morgan fingerprint density at radius 3 is 2.59 bits per heavy atom. The topological polar surface area (TPSA) is 76.0 Å². The van der Waals surface area contributed by atoms with E-state index in [1.165, 1.54) is 11.3 Å². The van der Waals surface area contributed by atoms with E-state index in [9.17, 15) is 4.79 Å². The Hall–Kier alpha value is -1.82. The zero-order chi connectivity index (χ0) is 12.5. The van der Waals surface area contributed by atoms with Gasteiger partial charge in [0, 0.05) is 17.8 Å². The van der Waals surface area contributed by atoms with Gasteiger partial charge in [-0.3, -0.25) is 4.79 Å². The van der Waals surface area contributed by atoms with Crippen LogP contribution in [0.15, 0.2) is 23.8 Å². The second kappa shape index (κ2) is 4.21. The molecule has 0 radical (unpaired) electrons. The molecule has 2 aromatic rings. The Kier molecular flexibility index (Phi) is 2.89. The summed E-state index contributed by atoms with van der Waals surface area (Å²) in [7, 11) is 0. The van der Waals surface area contributed by atoms with Gasteiger partial charge in [-0.25, -0.2) is 15.0 Å². The van der Waals surface area contributed by atoms with Crippen LogP contribution in [0.5, 0.6) is 0 Å². The lowest BCUT2D eigenvalue weighted by molar-refractivity contribution is -0.142. The van der Waals surface area contributed by atoms with Gasteiger partial charge in [-0.15, -0.1) is 11.3 Å². The van der Waals surface area contributed by atoms with E-state index >= 15 is 0 Å². The van der Waals surface area contributed by atoms with Crippen LogP contribution in [0.3, 0.4) is 0 Å². The largest absolute Gasteiger partial charge is 0.481 e. The maximum Gasteiger partial charge on any atom is 0.315 e. The van der Waals surface area contributed by atoms with E-state index in [1.54, 1.807) is 37.7 Å². The summed E-state index contributed by atoms with van der Waals surface area (Å²) in [6.07, 6.45) is 3.26. The first-order valence-electron chi connectivity index (χ1n) is 4.98. The molecule has 0 aliphatic carbocycles. The van der Waals surface area contributed by atoms with E-state index in [-0.39, 0.29) is 0 Å². The lowest BCUT2D eigenvalue weighted by atomic mass is 9.90. The zero-order valence-corrected chi connectivity index (χ0v) is 10.2. The van der Waals surface area contributed by atoms with Crippen molar-refractivity contribution in [2.75, 3.05) is 0 Å². The standard InChI is InChI=1S/C11H11N3O2S/c1-11(2,10(15)16)7-6-17-9(14-7)8-12-4-3-5-13-8/h3-6H,1-2H3,(H,15,16). The summed E-state index contributed by atoms with van der Waals surface area (Å²) < 4.78 is 0. The van der Waals surface area contributed by atoms with Crippen molar-refractivity contribution in [3.8, 4) is 10.8 Å². The van der Waals surface area contributed by atoms with Crippen molar-refractivity contribution in [1.29, 1.82) is 0 Å².